The minimum absolute atomic E-state index is 0.0651. The van der Waals surface area contributed by atoms with Crippen LogP contribution in [0.3, 0.4) is 0 Å². The number of rotatable bonds is 5. The van der Waals surface area contributed by atoms with Gasteiger partial charge in [-0.05, 0) is 25.3 Å². The highest BCUT2D eigenvalue weighted by molar-refractivity contribution is 5.74. The molecule has 3 rings (SSSR count). The molecular weight excluding hydrogens is 308 g/mol. The van der Waals surface area contributed by atoms with Crippen LogP contribution < -0.4 is 5.32 Å². The van der Waals surface area contributed by atoms with Crippen LogP contribution in [0.4, 0.5) is 4.79 Å². The lowest BCUT2D eigenvalue weighted by molar-refractivity contribution is -0.0177. The highest BCUT2D eigenvalue weighted by Crippen LogP contribution is 2.13. The van der Waals surface area contributed by atoms with Crippen molar-refractivity contribution in [3.63, 3.8) is 0 Å². The number of aromatic nitrogens is 2. The Labute approximate surface area is 141 Å². The van der Waals surface area contributed by atoms with E-state index in [1.807, 2.05) is 18.2 Å². The highest BCUT2D eigenvalue weighted by atomic mass is 16.5. The van der Waals surface area contributed by atoms with Gasteiger partial charge in [-0.15, -0.1) is 0 Å². The molecule has 1 aromatic heterocycles. The number of carbonyl (C=O) groups is 1. The Morgan fingerprint density at radius 3 is 2.96 bits per heavy atom. The molecule has 7 nitrogen and oxygen atoms in total. The summed E-state index contributed by atoms with van der Waals surface area (Å²) in [6.45, 7) is 3.74. The first-order valence-electron chi connectivity index (χ1n) is 8.18. The molecule has 24 heavy (non-hydrogen) atoms. The highest BCUT2D eigenvalue weighted by Gasteiger charge is 2.24. The fourth-order valence-electron chi connectivity index (χ4n) is 2.73. The Morgan fingerprint density at radius 1 is 1.38 bits per heavy atom. The lowest BCUT2D eigenvalue weighted by atomic mass is 10.1. The van der Waals surface area contributed by atoms with Gasteiger partial charge in [0.15, 0.2) is 5.82 Å². The monoisotopic (exact) mass is 330 g/mol. The van der Waals surface area contributed by atoms with Crippen LogP contribution in [0.5, 0.6) is 0 Å². The van der Waals surface area contributed by atoms with Crippen molar-refractivity contribution in [3.8, 4) is 0 Å². The van der Waals surface area contributed by atoms with Gasteiger partial charge in [-0.1, -0.05) is 35.5 Å². The SMILES string of the molecule is Cc1noc(CNC(=O)N2CCO[C@H](CCc3ccccc3)C2)n1. The van der Waals surface area contributed by atoms with Crippen molar-refractivity contribution in [3.05, 3.63) is 47.6 Å². The zero-order valence-electron chi connectivity index (χ0n) is 13.8. The van der Waals surface area contributed by atoms with Crippen LogP contribution in [0.15, 0.2) is 34.9 Å². The predicted molar refractivity (Wildman–Crippen MR) is 87.3 cm³/mol. The van der Waals surface area contributed by atoms with Gasteiger partial charge in [-0.3, -0.25) is 0 Å². The first kappa shape index (κ1) is 16.4. The molecular formula is C17H22N4O3. The van der Waals surface area contributed by atoms with E-state index in [4.69, 9.17) is 9.26 Å². The zero-order chi connectivity index (χ0) is 16.8. The normalized spacial score (nSPS) is 17.7. The molecule has 1 atom stereocenters. The molecule has 0 unspecified atom stereocenters. The number of hydrogen-bond donors (Lipinski definition) is 1. The summed E-state index contributed by atoms with van der Waals surface area (Å²) in [7, 11) is 0. The Hall–Kier alpha value is -2.41. The van der Waals surface area contributed by atoms with Crippen LogP contribution in [-0.4, -0.2) is 46.9 Å². The Balaban J connectivity index is 1.45. The van der Waals surface area contributed by atoms with Crippen molar-refractivity contribution < 1.29 is 14.1 Å². The fraction of sp³-hybridized carbons (Fsp3) is 0.471. The minimum Gasteiger partial charge on any atom is -0.375 e. The van der Waals surface area contributed by atoms with E-state index < -0.39 is 0 Å². The van der Waals surface area contributed by atoms with Crippen LogP contribution in [0.25, 0.3) is 0 Å². The Morgan fingerprint density at radius 2 is 2.21 bits per heavy atom. The number of aryl methyl sites for hydroxylation is 2. The van der Waals surface area contributed by atoms with E-state index in [2.05, 4.69) is 27.6 Å². The van der Waals surface area contributed by atoms with Gasteiger partial charge >= 0.3 is 6.03 Å². The third-order valence-corrected chi connectivity index (χ3v) is 3.98. The van der Waals surface area contributed by atoms with Crippen LogP contribution in [-0.2, 0) is 17.7 Å². The van der Waals surface area contributed by atoms with Gasteiger partial charge in [-0.2, -0.15) is 4.98 Å². The van der Waals surface area contributed by atoms with E-state index in [9.17, 15) is 4.79 Å². The molecule has 128 valence electrons. The van der Waals surface area contributed by atoms with Gasteiger partial charge in [0.2, 0.25) is 5.89 Å². The zero-order valence-corrected chi connectivity index (χ0v) is 13.8. The summed E-state index contributed by atoms with van der Waals surface area (Å²) < 4.78 is 10.8. The van der Waals surface area contributed by atoms with Crippen LogP contribution >= 0.6 is 0 Å². The molecule has 1 aliphatic heterocycles. The average Bonchev–Trinajstić information content (AvgIpc) is 3.04. The molecule has 1 saturated heterocycles. The fourth-order valence-corrected chi connectivity index (χ4v) is 2.73. The largest absolute Gasteiger partial charge is 0.375 e. The number of morpholine rings is 1. The van der Waals surface area contributed by atoms with Crippen molar-refractivity contribution in [1.29, 1.82) is 0 Å². The Bertz CT molecular complexity index is 659. The molecule has 7 heteroatoms. The van der Waals surface area contributed by atoms with Crippen LogP contribution in [0, 0.1) is 6.92 Å². The van der Waals surface area contributed by atoms with E-state index in [-0.39, 0.29) is 18.7 Å². The Kier molecular flexibility index (Phi) is 5.43. The summed E-state index contributed by atoms with van der Waals surface area (Å²) in [5.74, 6) is 0.973. The molecule has 1 aliphatic rings. The lowest BCUT2D eigenvalue weighted by Gasteiger charge is -2.33. The molecule has 0 spiro atoms. The molecule has 1 fully saturated rings. The number of hydrogen-bond acceptors (Lipinski definition) is 5. The van der Waals surface area contributed by atoms with Crippen LogP contribution in [0.2, 0.25) is 0 Å². The van der Waals surface area contributed by atoms with Gasteiger partial charge in [0, 0.05) is 13.1 Å². The summed E-state index contributed by atoms with van der Waals surface area (Å²) in [4.78, 5) is 18.1. The molecule has 0 radical (unpaired) electrons. The average molecular weight is 330 g/mol. The summed E-state index contributed by atoms with van der Waals surface area (Å²) in [6, 6.07) is 10.2. The number of ether oxygens (including phenoxy) is 1. The number of amides is 2. The molecule has 0 saturated carbocycles. The topological polar surface area (TPSA) is 80.5 Å². The second kappa shape index (κ2) is 7.92. The molecule has 2 amide bonds. The van der Waals surface area contributed by atoms with E-state index in [1.54, 1.807) is 11.8 Å². The van der Waals surface area contributed by atoms with E-state index >= 15 is 0 Å². The standard InChI is InChI=1S/C17H22N4O3/c1-13-19-16(24-20-13)11-18-17(22)21-9-10-23-15(12-21)8-7-14-5-3-2-4-6-14/h2-6,15H,7-12H2,1H3,(H,18,22)/t15-/m1/s1. The molecule has 1 aromatic carbocycles. The maximum Gasteiger partial charge on any atom is 0.318 e. The van der Waals surface area contributed by atoms with Crippen molar-refractivity contribution in [2.45, 2.75) is 32.4 Å². The maximum atomic E-state index is 12.3. The van der Waals surface area contributed by atoms with Gasteiger partial charge < -0.3 is 19.5 Å². The first-order chi connectivity index (χ1) is 11.7. The smallest absolute Gasteiger partial charge is 0.318 e. The number of nitrogens with one attached hydrogen (secondary N) is 1. The minimum atomic E-state index is -0.126. The van der Waals surface area contributed by atoms with Crippen molar-refractivity contribution in [2.24, 2.45) is 0 Å². The van der Waals surface area contributed by atoms with E-state index in [0.29, 0.717) is 31.4 Å². The first-order valence-corrected chi connectivity index (χ1v) is 8.18. The summed E-state index contributed by atoms with van der Waals surface area (Å²) in [6.07, 6.45) is 1.91. The number of nitrogens with zero attached hydrogens (tertiary/aromatic N) is 3. The number of carbonyl (C=O) groups excluding carboxylic acids is 1. The van der Waals surface area contributed by atoms with E-state index in [1.165, 1.54) is 5.56 Å². The maximum absolute atomic E-state index is 12.3. The van der Waals surface area contributed by atoms with E-state index in [0.717, 1.165) is 12.8 Å². The molecule has 2 heterocycles. The molecule has 2 aromatic rings. The third-order valence-electron chi connectivity index (χ3n) is 3.98. The predicted octanol–water partition coefficient (Wildman–Crippen LogP) is 1.92. The summed E-state index contributed by atoms with van der Waals surface area (Å²) >= 11 is 0. The van der Waals surface area contributed by atoms with Crippen molar-refractivity contribution in [2.75, 3.05) is 19.7 Å². The van der Waals surface area contributed by atoms with Gasteiger partial charge in [0.25, 0.3) is 0 Å². The van der Waals surface area contributed by atoms with Gasteiger partial charge in [0.1, 0.15) is 0 Å². The van der Waals surface area contributed by atoms with Gasteiger partial charge in [0.05, 0.1) is 19.3 Å². The molecule has 1 N–H and O–H groups in total. The number of urea groups is 1. The van der Waals surface area contributed by atoms with Gasteiger partial charge in [-0.25, -0.2) is 4.79 Å². The quantitative estimate of drug-likeness (QED) is 0.906. The second-order valence-electron chi connectivity index (χ2n) is 5.86. The second-order valence-corrected chi connectivity index (χ2v) is 5.86. The summed E-state index contributed by atoms with van der Waals surface area (Å²) in [5.41, 5.74) is 1.29. The van der Waals surface area contributed by atoms with Crippen molar-refractivity contribution in [1.82, 2.24) is 20.4 Å². The summed E-state index contributed by atoms with van der Waals surface area (Å²) in [5, 5.41) is 6.51. The third kappa shape index (κ3) is 4.55. The lowest BCUT2D eigenvalue weighted by Crippen LogP contribution is -2.49. The number of benzene rings is 1. The molecule has 0 bridgehead atoms. The molecule has 0 aliphatic carbocycles. The van der Waals surface area contributed by atoms with Crippen LogP contribution in [0.1, 0.15) is 23.7 Å². The van der Waals surface area contributed by atoms with Crippen molar-refractivity contribution >= 4 is 6.03 Å².